The second-order valence-corrected chi connectivity index (χ2v) is 4.68. The average molecular weight is 230 g/mol. The number of benzene rings is 1. The van der Waals surface area contributed by atoms with Gasteiger partial charge in [0.05, 0.1) is 18.9 Å². The normalized spacial score (nSPS) is 21.9. The number of hydrogen-bond donors (Lipinski definition) is 1. The summed E-state index contributed by atoms with van der Waals surface area (Å²) in [6.45, 7) is 0.835. The number of halogens is 1. The molecule has 0 saturated carbocycles. The maximum Gasteiger partial charge on any atom is 0.130 e. The Morgan fingerprint density at radius 1 is 1.35 bits per heavy atom. The fourth-order valence-corrected chi connectivity index (χ4v) is 2.52. The minimum atomic E-state index is -0.102. The summed E-state index contributed by atoms with van der Waals surface area (Å²) in [5.41, 5.74) is 3.24. The molecular weight excluding hydrogens is 215 g/mol. The lowest BCUT2D eigenvalue weighted by molar-refractivity contribution is 0.613. The van der Waals surface area contributed by atoms with E-state index < -0.39 is 0 Å². The number of fused-ring (bicyclic) bond motifs is 1. The molecule has 1 atom stereocenters. The van der Waals surface area contributed by atoms with E-state index in [0.29, 0.717) is 6.04 Å². The van der Waals surface area contributed by atoms with E-state index in [9.17, 15) is 4.39 Å². The Morgan fingerprint density at radius 2 is 2.29 bits per heavy atom. The predicted octanol–water partition coefficient (Wildman–Crippen LogP) is 2.55. The Kier molecular flexibility index (Phi) is 2.67. The maximum atomic E-state index is 13.7. The van der Waals surface area contributed by atoms with Gasteiger partial charge in [0.25, 0.3) is 0 Å². The molecule has 3 heteroatoms. The van der Waals surface area contributed by atoms with Gasteiger partial charge in [-0.2, -0.15) is 0 Å². The van der Waals surface area contributed by atoms with Crippen molar-refractivity contribution in [3.05, 3.63) is 40.7 Å². The van der Waals surface area contributed by atoms with Crippen molar-refractivity contribution >= 4 is 12.4 Å². The van der Waals surface area contributed by atoms with E-state index in [0.717, 1.165) is 36.9 Å². The molecule has 1 aromatic carbocycles. The molecule has 0 saturated heterocycles. The van der Waals surface area contributed by atoms with Gasteiger partial charge >= 0.3 is 0 Å². The van der Waals surface area contributed by atoms with Gasteiger partial charge in [-0.05, 0) is 30.9 Å². The van der Waals surface area contributed by atoms with E-state index in [2.05, 4.69) is 10.3 Å². The zero-order valence-electron chi connectivity index (χ0n) is 9.62. The molecule has 17 heavy (non-hydrogen) atoms. The van der Waals surface area contributed by atoms with E-state index in [1.807, 2.05) is 12.1 Å². The van der Waals surface area contributed by atoms with Crippen LogP contribution in [0.5, 0.6) is 0 Å². The molecule has 0 amide bonds. The second-order valence-electron chi connectivity index (χ2n) is 4.68. The van der Waals surface area contributed by atoms with Gasteiger partial charge in [0.15, 0.2) is 0 Å². The smallest absolute Gasteiger partial charge is 0.130 e. The lowest BCUT2D eigenvalue weighted by Crippen LogP contribution is -2.25. The number of nitrogens with zero attached hydrogens (tertiary/aromatic N) is 1. The van der Waals surface area contributed by atoms with Crippen LogP contribution in [0.4, 0.5) is 4.39 Å². The molecule has 1 aliphatic heterocycles. The third-order valence-electron chi connectivity index (χ3n) is 3.44. The predicted molar refractivity (Wildman–Crippen MR) is 67.6 cm³/mol. The van der Waals surface area contributed by atoms with E-state index in [1.54, 1.807) is 12.4 Å². The number of hydrogen-bond acceptors (Lipinski definition) is 2. The maximum absolute atomic E-state index is 13.7. The number of aliphatic imine (C=N–C) groups is 1. The monoisotopic (exact) mass is 230 g/mol. The topological polar surface area (TPSA) is 24.4 Å². The van der Waals surface area contributed by atoms with Crippen molar-refractivity contribution in [2.45, 2.75) is 25.3 Å². The van der Waals surface area contributed by atoms with Crippen molar-refractivity contribution in [3.8, 4) is 0 Å². The van der Waals surface area contributed by atoms with Crippen molar-refractivity contribution in [3.63, 3.8) is 0 Å². The first-order chi connectivity index (χ1) is 8.33. The van der Waals surface area contributed by atoms with Crippen LogP contribution in [-0.4, -0.2) is 18.9 Å². The summed E-state index contributed by atoms with van der Waals surface area (Å²) in [5, 5.41) is 3.22. The van der Waals surface area contributed by atoms with Gasteiger partial charge in [0.1, 0.15) is 5.82 Å². The van der Waals surface area contributed by atoms with E-state index in [-0.39, 0.29) is 5.82 Å². The largest absolute Gasteiger partial charge is 0.372 e. The van der Waals surface area contributed by atoms with Crippen LogP contribution in [-0.2, 0) is 6.42 Å². The molecule has 0 aromatic heterocycles. The Balaban J connectivity index is 1.81. The molecule has 1 aromatic rings. The summed E-state index contributed by atoms with van der Waals surface area (Å²) >= 11 is 0. The zero-order valence-corrected chi connectivity index (χ0v) is 9.62. The number of rotatable bonds is 2. The van der Waals surface area contributed by atoms with E-state index in [4.69, 9.17) is 0 Å². The fourth-order valence-electron chi connectivity index (χ4n) is 2.52. The molecule has 2 aliphatic rings. The quantitative estimate of drug-likeness (QED) is 0.829. The molecule has 0 spiro atoms. The third-order valence-corrected chi connectivity index (χ3v) is 3.44. The van der Waals surface area contributed by atoms with Crippen LogP contribution < -0.4 is 5.32 Å². The van der Waals surface area contributed by atoms with Crippen LogP contribution in [0, 0.1) is 5.82 Å². The number of aryl methyl sites for hydroxylation is 1. The van der Waals surface area contributed by atoms with Crippen molar-refractivity contribution in [2.75, 3.05) is 6.54 Å². The van der Waals surface area contributed by atoms with Crippen molar-refractivity contribution in [2.24, 2.45) is 4.99 Å². The van der Waals surface area contributed by atoms with Crippen LogP contribution in [0.1, 0.15) is 24.0 Å². The molecule has 0 bridgehead atoms. The molecule has 1 aliphatic carbocycles. The molecular formula is C14H15FN2. The molecule has 88 valence electrons. The Morgan fingerprint density at radius 3 is 3.12 bits per heavy atom. The zero-order chi connectivity index (χ0) is 11.7. The summed E-state index contributed by atoms with van der Waals surface area (Å²) < 4.78 is 13.7. The minimum Gasteiger partial charge on any atom is -0.372 e. The van der Waals surface area contributed by atoms with Gasteiger partial charge in [-0.25, -0.2) is 4.39 Å². The van der Waals surface area contributed by atoms with Crippen LogP contribution >= 0.6 is 0 Å². The minimum absolute atomic E-state index is 0.102. The van der Waals surface area contributed by atoms with E-state index in [1.165, 1.54) is 11.6 Å². The highest BCUT2D eigenvalue weighted by molar-refractivity contribution is 5.61. The van der Waals surface area contributed by atoms with E-state index >= 15 is 0 Å². The first kappa shape index (κ1) is 10.5. The van der Waals surface area contributed by atoms with Crippen molar-refractivity contribution < 1.29 is 4.39 Å². The Bertz CT molecular complexity index is 483. The Hall–Kier alpha value is -1.64. The molecule has 0 fully saturated rings. The lowest BCUT2D eigenvalue weighted by atomic mass is 9.89. The summed E-state index contributed by atoms with van der Waals surface area (Å²) in [6, 6.07) is 5.74. The lowest BCUT2D eigenvalue weighted by Gasteiger charge is -2.19. The molecule has 0 radical (unpaired) electrons. The van der Waals surface area contributed by atoms with Crippen LogP contribution in [0.15, 0.2) is 28.8 Å². The van der Waals surface area contributed by atoms with Crippen LogP contribution in [0.25, 0.3) is 6.08 Å². The van der Waals surface area contributed by atoms with Gasteiger partial charge in [0.2, 0.25) is 0 Å². The molecule has 1 heterocycles. The van der Waals surface area contributed by atoms with Gasteiger partial charge < -0.3 is 5.32 Å². The molecule has 1 N–H and O–H groups in total. The Labute approximate surface area is 100 Å². The highest BCUT2D eigenvalue weighted by Gasteiger charge is 2.17. The number of nitrogens with one attached hydrogen (secondary N) is 1. The average Bonchev–Trinajstić information content (AvgIpc) is 2.83. The van der Waals surface area contributed by atoms with Gasteiger partial charge in [-0.3, -0.25) is 4.99 Å². The highest BCUT2D eigenvalue weighted by atomic mass is 19.1. The molecule has 2 nitrogen and oxygen atoms in total. The van der Waals surface area contributed by atoms with Gasteiger partial charge in [0, 0.05) is 5.56 Å². The van der Waals surface area contributed by atoms with Gasteiger partial charge in [-0.1, -0.05) is 23.8 Å². The van der Waals surface area contributed by atoms with Crippen molar-refractivity contribution in [1.82, 2.24) is 5.32 Å². The van der Waals surface area contributed by atoms with Crippen LogP contribution in [0.2, 0.25) is 0 Å². The van der Waals surface area contributed by atoms with Crippen molar-refractivity contribution in [1.29, 1.82) is 0 Å². The van der Waals surface area contributed by atoms with Gasteiger partial charge in [-0.15, -0.1) is 0 Å². The summed E-state index contributed by atoms with van der Waals surface area (Å²) in [5.74, 6) is -0.102. The summed E-state index contributed by atoms with van der Waals surface area (Å²) in [6.07, 6.45) is 6.74. The second kappa shape index (κ2) is 4.32. The summed E-state index contributed by atoms with van der Waals surface area (Å²) in [4.78, 5) is 4.15. The highest BCUT2D eigenvalue weighted by Crippen LogP contribution is 2.28. The first-order valence-electron chi connectivity index (χ1n) is 6.04. The summed E-state index contributed by atoms with van der Waals surface area (Å²) in [7, 11) is 0. The third kappa shape index (κ3) is 2.09. The molecule has 3 rings (SSSR count). The molecule has 1 unspecified atom stereocenters. The fraction of sp³-hybridized carbons (Fsp3) is 0.357. The standard InChI is InChI=1S/C14H15FN2/c15-14-3-1-2-11-5-4-10(7-13(11)14)6-12-8-16-9-17-12/h1-3,7,9,12H,4-6,8H2,(H,16,17). The SMILES string of the molecule is Fc1cccc2c1C=C(CC1CN=CN1)CC2. The first-order valence-corrected chi connectivity index (χ1v) is 6.04. The van der Waals surface area contributed by atoms with Crippen LogP contribution in [0.3, 0.4) is 0 Å².